The molecule has 20 heteroatoms. The predicted octanol–water partition coefficient (Wildman–Crippen LogP) is 2.42. The zero-order valence-corrected chi connectivity index (χ0v) is 23.7. The van der Waals surface area contributed by atoms with E-state index in [0.717, 1.165) is 12.8 Å². The molecule has 1 aliphatic heterocycles. The SMILES string of the molecule is [B][C@H]1CC(OCSSC(C)(C)CNC(=O)CCCC)[C@@H](COP(=O)(O)OP(=O)(O)OP(=O)(O)O)O1. The van der Waals surface area contributed by atoms with E-state index in [-0.39, 0.29) is 23.0 Å². The van der Waals surface area contributed by atoms with Gasteiger partial charge in [-0.2, -0.15) is 8.62 Å². The first-order valence-corrected chi connectivity index (χ1v) is 17.2. The molecule has 0 aromatic heterocycles. The molecule has 0 spiro atoms. The van der Waals surface area contributed by atoms with Crippen LogP contribution in [-0.4, -0.2) is 75.4 Å². The second kappa shape index (κ2) is 14.6. The van der Waals surface area contributed by atoms with E-state index in [4.69, 9.17) is 27.1 Å². The monoisotopic (exact) mass is 601 g/mol. The van der Waals surface area contributed by atoms with E-state index in [0.29, 0.717) is 13.0 Å². The van der Waals surface area contributed by atoms with Gasteiger partial charge in [-0.3, -0.25) is 9.32 Å². The van der Waals surface area contributed by atoms with Gasteiger partial charge in [0, 0.05) is 23.7 Å². The molecule has 0 bridgehead atoms. The van der Waals surface area contributed by atoms with E-state index in [1.807, 2.05) is 20.8 Å². The Morgan fingerprint density at radius 1 is 1.17 bits per heavy atom. The molecule has 0 aromatic carbocycles. The van der Waals surface area contributed by atoms with Gasteiger partial charge >= 0.3 is 23.5 Å². The van der Waals surface area contributed by atoms with Crippen LogP contribution in [0.2, 0.25) is 0 Å². The maximum absolute atomic E-state index is 11.9. The van der Waals surface area contributed by atoms with Crippen molar-refractivity contribution in [1.29, 1.82) is 0 Å². The summed E-state index contributed by atoms with van der Waals surface area (Å²) in [5.41, 5.74) is 0. The van der Waals surface area contributed by atoms with Crippen LogP contribution in [0.1, 0.15) is 46.5 Å². The summed E-state index contributed by atoms with van der Waals surface area (Å²) < 4.78 is 56.7. The number of hydrogen-bond acceptors (Lipinski definition) is 11. The molecule has 1 saturated heterocycles. The molecular formula is C15H31BNO13P3S2. The molecule has 5 N–H and O–H groups in total. The first kappa shape index (κ1) is 33.6. The molecule has 3 unspecified atom stereocenters. The predicted molar refractivity (Wildman–Crippen MR) is 130 cm³/mol. The van der Waals surface area contributed by atoms with Crippen molar-refractivity contribution in [2.75, 3.05) is 19.1 Å². The van der Waals surface area contributed by atoms with Gasteiger partial charge in [0.2, 0.25) is 5.91 Å². The van der Waals surface area contributed by atoms with Crippen molar-refractivity contribution in [3.05, 3.63) is 0 Å². The van der Waals surface area contributed by atoms with Gasteiger partial charge in [0.05, 0.1) is 12.7 Å². The number of amides is 1. The van der Waals surface area contributed by atoms with Crippen LogP contribution in [0.4, 0.5) is 0 Å². The number of ether oxygens (including phenoxy) is 2. The lowest BCUT2D eigenvalue weighted by atomic mass is 9.96. The Morgan fingerprint density at radius 2 is 1.83 bits per heavy atom. The smallest absolute Gasteiger partial charge is 0.380 e. The molecule has 0 aliphatic carbocycles. The Labute approximate surface area is 213 Å². The molecule has 5 atom stereocenters. The highest BCUT2D eigenvalue weighted by atomic mass is 33.1. The molecule has 1 aliphatic rings. The van der Waals surface area contributed by atoms with Crippen molar-refractivity contribution in [2.24, 2.45) is 0 Å². The normalized spacial score (nSPS) is 24.6. The van der Waals surface area contributed by atoms with Crippen molar-refractivity contribution < 1.29 is 60.7 Å². The van der Waals surface area contributed by atoms with Crippen LogP contribution in [0.3, 0.4) is 0 Å². The number of phosphoric ester groups is 1. The van der Waals surface area contributed by atoms with E-state index >= 15 is 0 Å². The zero-order valence-electron chi connectivity index (χ0n) is 19.4. The molecule has 14 nitrogen and oxygen atoms in total. The number of carbonyl (C=O) groups excluding carboxylic acids is 1. The van der Waals surface area contributed by atoms with Crippen molar-refractivity contribution in [3.63, 3.8) is 0 Å². The maximum Gasteiger partial charge on any atom is 0.490 e. The number of nitrogens with one attached hydrogen (secondary N) is 1. The number of rotatable bonds is 17. The van der Waals surface area contributed by atoms with Crippen LogP contribution in [0.15, 0.2) is 0 Å². The van der Waals surface area contributed by atoms with Crippen LogP contribution in [0, 0.1) is 0 Å². The van der Waals surface area contributed by atoms with Crippen LogP contribution >= 0.6 is 45.1 Å². The van der Waals surface area contributed by atoms with Gasteiger partial charge in [-0.25, -0.2) is 13.7 Å². The fourth-order valence-corrected chi connectivity index (χ4v) is 7.81. The quantitative estimate of drug-likeness (QED) is 0.0533. The van der Waals surface area contributed by atoms with E-state index in [2.05, 4.69) is 18.5 Å². The minimum Gasteiger partial charge on any atom is -0.380 e. The highest BCUT2D eigenvalue weighted by Crippen LogP contribution is 2.66. The standard InChI is InChI=1S/C15H31BNO13P3S2/c1-4-5-6-14(18)17-9-15(2,3)35-34-10-26-11-7-13(16)28-12(11)8-27-32(22,23)30-33(24,25)29-31(19,20)21/h11-13H,4-10H2,1-3H3,(H,17,18)(H,22,23)(H,24,25)(H2,19,20,21)/t11?,12-,13-/m1/s1. The average molecular weight is 601 g/mol. The van der Waals surface area contributed by atoms with Crippen LogP contribution in [0.5, 0.6) is 0 Å². The summed E-state index contributed by atoms with van der Waals surface area (Å²) in [6.45, 7) is 5.76. The Balaban J connectivity index is 2.47. The van der Waals surface area contributed by atoms with Gasteiger partial charge in [-0.15, -0.1) is 0 Å². The number of phosphoric acid groups is 3. The lowest BCUT2D eigenvalue weighted by molar-refractivity contribution is -0.121. The van der Waals surface area contributed by atoms with Crippen LogP contribution in [0.25, 0.3) is 0 Å². The topological polar surface area (TPSA) is 207 Å². The number of hydrogen-bond donors (Lipinski definition) is 5. The third kappa shape index (κ3) is 15.5. The Hall–Kier alpha value is 0.565. The minimum atomic E-state index is -5.61. The van der Waals surface area contributed by atoms with Gasteiger partial charge in [0.15, 0.2) is 0 Å². The van der Waals surface area contributed by atoms with Crippen molar-refractivity contribution in [1.82, 2.24) is 5.32 Å². The lowest BCUT2D eigenvalue weighted by Gasteiger charge is -2.24. The second-order valence-electron chi connectivity index (χ2n) is 8.00. The highest BCUT2D eigenvalue weighted by molar-refractivity contribution is 8.77. The summed E-state index contributed by atoms with van der Waals surface area (Å²) in [7, 11) is -7.77. The minimum absolute atomic E-state index is 0.00212. The zero-order chi connectivity index (χ0) is 26.9. The molecule has 0 saturated carbocycles. The molecule has 2 radical (unpaired) electrons. The fraction of sp³-hybridized carbons (Fsp3) is 0.933. The van der Waals surface area contributed by atoms with Crippen molar-refractivity contribution >= 4 is 58.8 Å². The summed E-state index contributed by atoms with van der Waals surface area (Å²) in [4.78, 5) is 47.6. The van der Waals surface area contributed by atoms with Crippen molar-refractivity contribution in [3.8, 4) is 0 Å². The molecule has 1 amide bonds. The average Bonchev–Trinajstić information content (AvgIpc) is 3.03. The first-order valence-electron chi connectivity index (χ1n) is 10.3. The molecule has 1 heterocycles. The summed E-state index contributed by atoms with van der Waals surface area (Å²) in [5, 5.41) is 2.89. The molecule has 35 heavy (non-hydrogen) atoms. The fourth-order valence-electron chi connectivity index (χ4n) is 2.61. The Bertz CT molecular complexity index is 832. The summed E-state index contributed by atoms with van der Waals surface area (Å²) in [6.07, 6.45) is 0.893. The molecule has 1 rings (SSSR count). The van der Waals surface area contributed by atoms with Gasteiger partial charge in [0.1, 0.15) is 19.9 Å². The van der Waals surface area contributed by atoms with Gasteiger partial charge in [0.25, 0.3) is 0 Å². The molecular weight excluding hydrogens is 570 g/mol. The number of carbonyl (C=O) groups is 1. The van der Waals surface area contributed by atoms with Gasteiger partial charge in [-0.05, 0) is 26.7 Å². The number of unbranched alkanes of at least 4 members (excludes halogenated alkanes) is 1. The van der Waals surface area contributed by atoms with Crippen LogP contribution in [-0.2, 0) is 41.1 Å². The Kier molecular flexibility index (Phi) is 14.1. The van der Waals surface area contributed by atoms with E-state index in [9.17, 15) is 28.3 Å². The third-order valence-electron chi connectivity index (χ3n) is 4.13. The summed E-state index contributed by atoms with van der Waals surface area (Å²) in [5.74, 6) is 0.183. The maximum atomic E-state index is 11.9. The summed E-state index contributed by atoms with van der Waals surface area (Å²) in [6, 6.07) is -0.762. The summed E-state index contributed by atoms with van der Waals surface area (Å²) >= 11 is 0. The highest BCUT2D eigenvalue weighted by Gasteiger charge is 2.42. The molecule has 0 aromatic rings. The third-order valence-corrected chi connectivity index (χ3v) is 10.9. The molecule has 1 fully saturated rings. The lowest BCUT2D eigenvalue weighted by Crippen LogP contribution is -2.35. The van der Waals surface area contributed by atoms with Gasteiger partial charge < -0.3 is 34.4 Å². The van der Waals surface area contributed by atoms with Gasteiger partial charge in [-0.1, -0.05) is 34.9 Å². The van der Waals surface area contributed by atoms with Crippen molar-refractivity contribution in [2.45, 2.75) is 69.4 Å². The van der Waals surface area contributed by atoms with E-state index in [1.165, 1.54) is 21.6 Å². The largest absolute Gasteiger partial charge is 0.490 e. The first-order chi connectivity index (χ1) is 15.9. The van der Waals surface area contributed by atoms with E-state index < -0.39 is 48.3 Å². The van der Waals surface area contributed by atoms with Crippen LogP contribution < -0.4 is 5.32 Å². The van der Waals surface area contributed by atoms with E-state index in [1.54, 1.807) is 0 Å². The molecule has 204 valence electrons. The Morgan fingerprint density at radius 3 is 2.43 bits per heavy atom. The second-order valence-corrected chi connectivity index (χ2v) is 15.4.